The van der Waals surface area contributed by atoms with Crippen LogP contribution in [0.25, 0.3) is 0 Å². The molecular formula is C16H19N3O4. The van der Waals surface area contributed by atoms with Gasteiger partial charge in [0, 0.05) is 18.7 Å². The van der Waals surface area contributed by atoms with Crippen molar-refractivity contribution in [1.82, 2.24) is 15.5 Å². The molecule has 0 unspecified atom stereocenters. The normalized spacial score (nSPS) is 20.2. The summed E-state index contributed by atoms with van der Waals surface area (Å²) in [6.45, 7) is 1.46. The Labute approximate surface area is 134 Å². The first-order valence-corrected chi connectivity index (χ1v) is 7.56. The molecule has 3 rings (SSSR count). The Morgan fingerprint density at radius 1 is 1.30 bits per heavy atom. The lowest BCUT2D eigenvalue weighted by molar-refractivity contribution is -0.125. The summed E-state index contributed by atoms with van der Waals surface area (Å²) in [5, 5.41) is 5.00. The third kappa shape index (κ3) is 3.05. The van der Waals surface area contributed by atoms with Gasteiger partial charge in [-0.3, -0.25) is 19.8 Å². The SMILES string of the molecule is COc1cccc(C(=O)CN2CCC3(CC2)NC(=O)NC3=O)c1. The molecule has 0 saturated carbocycles. The van der Waals surface area contributed by atoms with Crippen LogP contribution in [0.15, 0.2) is 24.3 Å². The van der Waals surface area contributed by atoms with E-state index in [1.165, 1.54) is 0 Å². The lowest BCUT2D eigenvalue weighted by Crippen LogP contribution is -2.55. The van der Waals surface area contributed by atoms with E-state index in [1.807, 2.05) is 4.90 Å². The summed E-state index contributed by atoms with van der Waals surface area (Å²) in [5.74, 6) is 0.403. The Bertz CT molecular complexity index is 650. The Morgan fingerprint density at radius 3 is 2.65 bits per heavy atom. The van der Waals surface area contributed by atoms with E-state index in [2.05, 4.69) is 10.6 Å². The number of ketones is 1. The van der Waals surface area contributed by atoms with E-state index in [0.29, 0.717) is 43.8 Å². The molecule has 1 aromatic rings. The van der Waals surface area contributed by atoms with Crippen LogP contribution in [0, 0.1) is 0 Å². The first kappa shape index (κ1) is 15.5. The van der Waals surface area contributed by atoms with Crippen LogP contribution in [0.4, 0.5) is 4.79 Å². The van der Waals surface area contributed by atoms with Crippen molar-refractivity contribution >= 4 is 17.7 Å². The van der Waals surface area contributed by atoms with Gasteiger partial charge in [-0.05, 0) is 25.0 Å². The highest BCUT2D eigenvalue weighted by Crippen LogP contribution is 2.25. The molecule has 2 N–H and O–H groups in total. The second kappa shape index (κ2) is 6.00. The number of carbonyl (C=O) groups is 3. The number of piperidine rings is 1. The van der Waals surface area contributed by atoms with Crippen LogP contribution in [0.1, 0.15) is 23.2 Å². The molecule has 7 nitrogen and oxygen atoms in total. The summed E-state index contributed by atoms with van der Waals surface area (Å²) in [7, 11) is 1.56. The molecule has 1 aromatic carbocycles. The molecule has 2 heterocycles. The first-order chi connectivity index (χ1) is 11.0. The van der Waals surface area contributed by atoms with Gasteiger partial charge in [0.15, 0.2) is 5.78 Å². The average Bonchev–Trinajstić information content (AvgIpc) is 2.83. The van der Waals surface area contributed by atoms with Crippen LogP contribution in [-0.4, -0.2) is 54.9 Å². The molecule has 2 fully saturated rings. The standard InChI is InChI=1S/C16H19N3O4/c1-23-12-4-2-3-11(9-12)13(20)10-19-7-5-16(6-8-19)14(21)17-15(22)18-16/h2-4,9H,5-8,10H2,1H3,(H2,17,18,21,22). The summed E-state index contributed by atoms with van der Waals surface area (Å²) in [6.07, 6.45) is 1.02. The molecule has 0 bridgehead atoms. The van der Waals surface area contributed by atoms with Crippen LogP contribution < -0.4 is 15.4 Å². The summed E-state index contributed by atoms with van der Waals surface area (Å²) < 4.78 is 5.13. The van der Waals surface area contributed by atoms with E-state index in [1.54, 1.807) is 31.4 Å². The predicted octanol–water partition coefficient (Wildman–Crippen LogP) is 0.552. The zero-order chi connectivity index (χ0) is 16.4. The molecule has 0 aromatic heterocycles. The quantitative estimate of drug-likeness (QED) is 0.625. The van der Waals surface area contributed by atoms with Gasteiger partial charge in [-0.1, -0.05) is 12.1 Å². The Kier molecular flexibility index (Phi) is 4.04. The van der Waals surface area contributed by atoms with Gasteiger partial charge < -0.3 is 10.1 Å². The number of hydrogen-bond donors (Lipinski definition) is 2. The van der Waals surface area contributed by atoms with Crippen LogP contribution in [0.5, 0.6) is 5.75 Å². The number of likely N-dealkylation sites (tertiary alicyclic amines) is 1. The highest BCUT2D eigenvalue weighted by Gasteiger charge is 2.47. The highest BCUT2D eigenvalue weighted by molar-refractivity contribution is 6.07. The van der Waals surface area contributed by atoms with Crippen LogP contribution >= 0.6 is 0 Å². The Morgan fingerprint density at radius 2 is 2.04 bits per heavy atom. The minimum atomic E-state index is -0.799. The second-order valence-electron chi connectivity index (χ2n) is 5.92. The molecule has 0 aliphatic carbocycles. The number of ether oxygens (including phenoxy) is 1. The van der Waals surface area contributed by atoms with Gasteiger partial charge in [-0.25, -0.2) is 4.79 Å². The van der Waals surface area contributed by atoms with E-state index in [0.717, 1.165) is 0 Å². The molecule has 2 aliphatic rings. The maximum Gasteiger partial charge on any atom is 0.322 e. The fourth-order valence-electron chi connectivity index (χ4n) is 3.06. The lowest BCUT2D eigenvalue weighted by Gasteiger charge is -2.36. The van der Waals surface area contributed by atoms with Crippen molar-refractivity contribution in [2.75, 3.05) is 26.7 Å². The van der Waals surface area contributed by atoms with Gasteiger partial charge in [-0.15, -0.1) is 0 Å². The monoisotopic (exact) mass is 317 g/mol. The van der Waals surface area contributed by atoms with Gasteiger partial charge >= 0.3 is 6.03 Å². The van der Waals surface area contributed by atoms with Crippen molar-refractivity contribution in [2.45, 2.75) is 18.4 Å². The van der Waals surface area contributed by atoms with Crippen LogP contribution in [0.2, 0.25) is 0 Å². The number of Topliss-reactive ketones (excluding diaryl/α,β-unsaturated/α-hetero) is 1. The summed E-state index contributed by atoms with van der Waals surface area (Å²) in [5.41, 5.74) is -0.191. The van der Waals surface area contributed by atoms with Crippen LogP contribution in [0.3, 0.4) is 0 Å². The molecular weight excluding hydrogens is 298 g/mol. The number of benzene rings is 1. The van der Waals surface area contributed by atoms with E-state index < -0.39 is 11.6 Å². The van der Waals surface area contributed by atoms with Crippen molar-refractivity contribution in [1.29, 1.82) is 0 Å². The number of amides is 3. The predicted molar refractivity (Wildman–Crippen MR) is 82.4 cm³/mol. The van der Waals surface area contributed by atoms with Gasteiger partial charge in [-0.2, -0.15) is 0 Å². The molecule has 122 valence electrons. The minimum absolute atomic E-state index is 0.0137. The molecule has 1 spiro atoms. The number of nitrogens with one attached hydrogen (secondary N) is 2. The third-order valence-electron chi connectivity index (χ3n) is 4.48. The van der Waals surface area contributed by atoms with Crippen molar-refractivity contribution in [3.8, 4) is 5.75 Å². The Hall–Kier alpha value is -2.41. The fraction of sp³-hybridized carbons (Fsp3) is 0.438. The number of hydrogen-bond acceptors (Lipinski definition) is 5. The average molecular weight is 317 g/mol. The number of rotatable bonds is 4. The van der Waals surface area contributed by atoms with Crippen molar-refractivity contribution in [2.24, 2.45) is 0 Å². The minimum Gasteiger partial charge on any atom is -0.497 e. The fourth-order valence-corrected chi connectivity index (χ4v) is 3.06. The largest absolute Gasteiger partial charge is 0.497 e. The summed E-state index contributed by atoms with van der Waals surface area (Å²) in [6, 6.07) is 6.63. The number of imide groups is 1. The zero-order valence-electron chi connectivity index (χ0n) is 12.9. The van der Waals surface area contributed by atoms with Gasteiger partial charge in [0.1, 0.15) is 11.3 Å². The van der Waals surface area contributed by atoms with Crippen molar-refractivity contribution < 1.29 is 19.1 Å². The molecule has 2 aliphatic heterocycles. The van der Waals surface area contributed by atoms with E-state index >= 15 is 0 Å². The van der Waals surface area contributed by atoms with E-state index in [-0.39, 0.29) is 11.7 Å². The first-order valence-electron chi connectivity index (χ1n) is 7.56. The third-order valence-corrected chi connectivity index (χ3v) is 4.48. The van der Waals surface area contributed by atoms with Gasteiger partial charge in [0.05, 0.1) is 13.7 Å². The Balaban J connectivity index is 1.59. The summed E-state index contributed by atoms with van der Waals surface area (Å²) in [4.78, 5) is 37.6. The number of methoxy groups -OCH3 is 1. The molecule has 0 radical (unpaired) electrons. The molecule has 0 atom stereocenters. The van der Waals surface area contributed by atoms with Crippen molar-refractivity contribution in [3.63, 3.8) is 0 Å². The second-order valence-corrected chi connectivity index (χ2v) is 5.92. The molecule has 3 amide bonds. The highest BCUT2D eigenvalue weighted by atomic mass is 16.5. The number of nitrogens with zero attached hydrogens (tertiary/aromatic N) is 1. The maximum absolute atomic E-state index is 12.4. The smallest absolute Gasteiger partial charge is 0.322 e. The van der Waals surface area contributed by atoms with E-state index in [9.17, 15) is 14.4 Å². The zero-order valence-corrected chi connectivity index (χ0v) is 12.9. The van der Waals surface area contributed by atoms with Crippen molar-refractivity contribution in [3.05, 3.63) is 29.8 Å². The summed E-state index contributed by atoms with van der Waals surface area (Å²) >= 11 is 0. The maximum atomic E-state index is 12.4. The topological polar surface area (TPSA) is 87.7 Å². The molecule has 2 saturated heterocycles. The number of carbonyl (C=O) groups excluding carboxylic acids is 3. The van der Waals surface area contributed by atoms with Crippen LogP contribution in [-0.2, 0) is 4.79 Å². The number of urea groups is 1. The molecule has 7 heteroatoms. The van der Waals surface area contributed by atoms with Gasteiger partial charge in [0.25, 0.3) is 5.91 Å². The van der Waals surface area contributed by atoms with Gasteiger partial charge in [0.2, 0.25) is 0 Å². The lowest BCUT2D eigenvalue weighted by atomic mass is 9.87. The molecule has 23 heavy (non-hydrogen) atoms. The van der Waals surface area contributed by atoms with E-state index in [4.69, 9.17) is 4.74 Å².